The maximum absolute atomic E-state index is 10.2. The van der Waals surface area contributed by atoms with Crippen molar-refractivity contribution in [2.75, 3.05) is 19.9 Å². The van der Waals surface area contributed by atoms with Gasteiger partial charge in [-0.25, -0.2) is 0 Å². The minimum Gasteiger partial charge on any atom is -0.506 e. The van der Waals surface area contributed by atoms with Crippen LogP contribution in [-0.4, -0.2) is 25.0 Å². The summed E-state index contributed by atoms with van der Waals surface area (Å²) < 4.78 is 11.3. The van der Waals surface area contributed by atoms with Gasteiger partial charge in [0.25, 0.3) is 0 Å². The Balaban J connectivity index is 2.01. The van der Waals surface area contributed by atoms with E-state index in [2.05, 4.69) is 21.2 Å². The highest BCUT2D eigenvalue weighted by molar-refractivity contribution is 9.10. The highest BCUT2D eigenvalue weighted by atomic mass is 79.9. The van der Waals surface area contributed by atoms with Gasteiger partial charge in [0.15, 0.2) is 11.5 Å². The first-order valence-electron chi connectivity index (χ1n) is 5.79. The summed E-state index contributed by atoms with van der Waals surface area (Å²) in [6.45, 7) is 2.18. The van der Waals surface area contributed by atoms with Gasteiger partial charge < -0.3 is 19.9 Å². The van der Waals surface area contributed by atoms with Crippen LogP contribution in [0.25, 0.3) is 0 Å². The summed E-state index contributed by atoms with van der Waals surface area (Å²) in [5.41, 5.74) is 0.938. The monoisotopic (exact) mass is 299 g/mol. The van der Waals surface area contributed by atoms with Crippen LogP contribution < -0.4 is 14.8 Å². The number of phenols is 1. The molecule has 3 rings (SSSR count). The summed E-state index contributed by atoms with van der Waals surface area (Å²) >= 11 is 3.37. The number of benzene rings is 1. The van der Waals surface area contributed by atoms with Crippen LogP contribution in [0.3, 0.4) is 0 Å². The van der Waals surface area contributed by atoms with Crippen molar-refractivity contribution in [2.45, 2.75) is 18.8 Å². The van der Waals surface area contributed by atoms with Crippen LogP contribution in [-0.2, 0) is 0 Å². The molecule has 0 amide bonds. The lowest BCUT2D eigenvalue weighted by atomic mass is 9.91. The Labute approximate surface area is 108 Å². The van der Waals surface area contributed by atoms with Crippen molar-refractivity contribution in [2.24, 2.45) is 0 Å². The molecule has 0 aliphatic carbocycles. The minimum atomic E-state index is 0.222. The second-order valence-corrected chi connectivity index (χ2v) is 5.20. The average molecular weight is 300 g/mol. The Morgan fingerprint density at radius 2 is 2.29 bits per heavy atom. The number of nitrogens with one attached hydrogen (secondary N) is 1. The van der Waals surface area contributed by atoms with Crippen molar-refractivity contribution in [1.82, 2.24) is 5.32 Å². The van der Waals surface area contributed by atoms with Crippen LogP contribution in [0.1, 0.15) is 24.3 Å². The molecule has 92 valence electrons. The highest BCUT2D eigenvalue weighted by Crippen LogP contribution is 2.48. The number of fused-ring (bicyclic) bond motifs is 1. The Bertz CT molecular complexity index is 444. The normalized spacial score (nSPS) is 22.8. The molecule has 1 fully saturated rings. The number of hydrogen-bond acceptors (Lipinski definition) is 4. The van der Waals surface area contributed by atoms with Crippen molar-refractivity contribution in [3.05, 3.63) is 16.1 Å². The lowest BCUT2D eigenvalue weighted by molar-refractivity contribution is 0.173. The van der Waals surface area contributed by atoms with E-state index in [-0.39, 0.29) is 12.5 Å². The first-order valence-corrected chi connectivity index (χ1v) is 6.58. The molecule has 1 atom stereocenters. The molecule has 2 heterocycles. The van der Waals surface area contributed by atoms with Crippen LogP contribution in [0, 0.1) is 0 Å². The average Bonchev–Trinajstić information content (AvgIpc) is 2.83. The van der Waals surface area contributed by atoms with E-state index in [9.17, 15) is 5.11 Å². The smallest absolute Gasteiger partial charge is 0.231 e. The number of ether oxygens (including phenoxy) is 2. The van der Waals surface area contributed by atoms with Crippen LogP contribution in [0.4, 0.5) is 0 Å². The van der Waals surface area contributed by atoms with E-state index in [4.69, 9.17) is 9.47 Å². The molecular formula is C12H14BrNO3. The van der Waals surface area contributed by atoms with Crippen molar-refractivity contribution in [1.29, 1.82) is 0 Å². The fraction of sp³-hybridized carbons (Fsp3) is 0.500. The molecule has 1 aromatic carbocycles. The molecule has 1 aromatic rings. The summed E-state index contributed by atoms with van der Waals surface area (Å²) in [5.74, 6) is 1.95. The molecule has 0 bridgehead atoms. The predicted molar refractivity (Wildman–Crippen MR) is 66.8 cm³/mol. The number of halogens is 1. The zero-order valence-corrected chi connectivity index (χ0v) is 10.9. The number of phenolic OH excluding ortho intramolecular Hbond substituents is 1. The second kappa shape index (κ2) is 4.38. The Hall–Kier alpha value is -0.940. The second-order valence-electron chi connectivity index (χ2n) is 4.41. The van der Waals surface area contributed by atoms with Gasteiger partial charge in [-0.15, -0.1) is 0 Å². The van der Waals surface area contributed by atoms with E-state index in [1.807, 2.05) is 6.07 Å². The van der Waals surface area contributed by atoms with E-state index in [0.29, 0.717) is 16.1 Å². The Kier molecular flexibility index (Phi) is 2.88. The quantitative estimate of drug-likeness (QED) is 0.836. The third kappa shape index (κ3) is 1.87. The van der Waals surface area contributed by atoms with Crippen molar-refractivity contribution < 1.29 is 14.6 Å². The molecule has 1 unspecified atom stereocenters. The Morgan fingerprint density at radius 3 is 3.06 bits per heavy atom. The van der Waals surface area contributed by atoms with Crippen LogP contribution in [0.15, 0.2) is 10.5 Å². The van der Waals surface area contributed by atoms with E-state index in [1.54, 1.807) is 0 Å². The van der Waals surface area contributed by atoms with Gasteiger partial charge in [0.05, 0.1) is 0 Å². The van der Waals surface area contributed by atoms with Gasteiger partial charge >= 0.3 is 0 Å². The van der Waals surface area contributed by atoms with Crippen molar-refractivity contribution in [3.8, 4) is 17.2 Å². The first-order chi connectivity index (χ1) is 8.27. The molecule has 1 saturated heterocycles. The van der Waals surface area contributed by atoms with Gasteiger partial charge in [-0.3, -0.25) is 0 Å². The van der Waals surface area contributed by atoms with Crippen molar-refractivity contribution >= 4 is 15.9 Å². The molecule has 0 radical (unpaired) electrons. The molecule has 5 heteroatoms. The van der Waals surface area contributed by atoms with Crippen molar-refractivity contribution in [3.63, 3.8) is 0 Å². The highest BCUT2D eigenvalue weighted by Gasteiger charge is 2.27. The van der Waals surface area contributed by atoms with Crippen LogP contribution in [0.5, 0.6) is 17.2 Å². The summed E-state index contributed by atoms with van der Waals surface area (Å²) in [4.78, 5) is 0. The summed E-state index contributed by atoms with van der Waals surface area (Å²) in [7, 11) is 0. The fourth-order valence-electron chi connectivity index (χ4n) is 2.44. The Morgan fingerprint density at radius 1 is 1.41 bits per heavy atom. The minimum absolute atomic E-state index is 0.222. The van der Waals surface area contributed by atoms with Gasteiger partial charge in [-0.2, -0.15) is 0 Å². The van der Waals surface area contributed by atoms with Gasteiger partial charge in [-0.05, 0) is 41.4 Å². The zero-order valence-electron chi connectivity index (χ0n) is 9.33. The SMILES string of the molecule is Oc1c(C2CCCNC2)cc2c(c1Br)OCO2. The molecular weight excluding hydrogens is 286 g/mol. The largest absolute Gasteiger partial charge is 0.506 e. The maximum atomic E-state index is 10.2. The number of rotatable bonds is 1. The van der Waals surface area contributed by atoms with Crippen LogP contribution >= 0.6 is 15.9 Å². The van der Waals surface area contributed by atoms with Gasteiger partial charge in [-0.1, -0.05) is 0 Å². The zero-order chi connectivity index (χ0) is 11.8. The van der Waals surface area contributed by atoms with E-state index in [1.165, 1.54) is 0 Å². The summed E-state index contributed by atoms with van der Waals surface area (Å²) in [6, 6.07) is 1.90. The lowest BCUT2D eigenvalue weighted by Gasteiger charge is -2.24. The van der Waals surface area contributed by atoms with Gasteiger partial charge in [0.1, 0.15) is 10.2 Å². The van der Waals surface area contributed by atoms with Crippen LogP contribution in [0.2, 0.25) is 0 Å². The summed E-state index contributed by atoms with van der Waals surface area (Å²) in [6.07, 6.45) is 2.23. The van der Waals surface area contributed by atoms with E-state index >= 15 is 0 Å². The molecule has 2 aliphatic rings. The van der Waals surface area contributed by atoms with E-state index in [0.717, 1.165) is 37.2 Å². The number of hydrogen-bond donors (Lipinski definition) is 2. The third-order valence-electron chi connectivity index (χ3n) is 3.35. The number of piperidine rings is 1. The molecule has 0 aromatic heterocycles. The fourth-order valence-corrected chi connectivity index (χ4v) is 2.98. The lowest BCUT2D eigenvalue weighted by Crippen LogP contribution is -2.28. The molecule has 17 heavy (non-hydrogen) atoms. The topological polar surface area (TPSA) is 50.7 Å². The molecule has 4 nitrogen and oxygen atoms in total. The third-order valence-corrected chi connectivity index (χ3v) is 4.08. The maximum Gasteiger partial charge on any atom is 0.231 e. The van der Waals surface area contributed by atoms with Gasteiger partial charge in [0.2, 0.25) is 6.79 Å². The summed E-state index contributed by atoms with van der Waals surface area (Å²) in [5, 5.41) is 13.6. The van der Waals surface area contributed by atoms with Gasteiger partial charge in [0, 0.05) is 18.0 Å². The predicted octanol–water partition coefficient (Wildman–Crippen LogP) is 2.35. The number of aromatic hydroxyl groups is 1. The van der Waals surface area contributed by atoms with E-state index < -0.39 is 0 Å². The molecule has 2 N–H and O–H groups in total. The standard InChI is InChI=1S/C12H14BrNO3/c13-10-11(15)8(7-2-1-3-14-5-7)4-9-12(10)17-6-16-9/h4,7,14-15H,1-3,5-6H2. The molecule has 0 saturated carbocycles. The molecule has 0 spiro atoms. The molecule has 2 aliphatic heterocycles. The first kappa shape index (κ1) is 11.2.